The Bertz CT molecular complexity index is 2090. The van der Waals surface area contributed by atoms with Crippen LogP contribution < -0.4 is 4.89 Å². The molecule has 10 heteroatoms. The van der Waals surface area contributed by atoms with Crippen LogP contribution in [0, 0.1) is 0 Å². The minimum atomic E-state index is -4.65. The van der Waals surface area contributed by atoms with E-state index in [1.165, 1.54) is 205 Å². The van der Waals surface area contributed by atoms with Crippen molar-refractivity contribution >= 4 is 19.8 Å². The van der Waals surface area contributed by atoms with E-state index in [9.17, 15) is 19.0 Å². The molecular weight excluding hydrogens is 1210 g/mol. The number of likely N-dealkylation sites (N-methyl/N-ethyl adjacent to an activating group) is 1. The van der Waals surface area contributed by atoms with Crippen molar-refractivity contribution in [3.63, 3.8) is 0 Å². The summed E-state index contributed by atoms with van der Waals surface area (Å²) in [6.45, 7) is 4.14. The van der Waals surface area contributed by atoms with Gasteiger partial charge in [0.25, 0.3) is 7.82 Å². The molecule has 0 aromatic rings. The highest BCUT2D eigenvalue weighted by Gasteiger charge is 2.22. The van der Waals surface area contributed by atoms with E-state index in [-0.39, 0.29) is 32.0 Å². The van der Waals surface area contributed by atoms with Crippen molar-refractivity contribution in [1.82, 2.24) is 0 Å². The van der Waals surface area contributed by atoms with E-state index < -0.39 is 26.5 Å². The summed E-state index contributed by atoms with van der Waals surface area (Å²) >= 11 is 0. The molecule has 0 saturated heterocycles. The van der Waals surface area contributed by atoms with Crippen LogP contribution in [0.1, 0.15) is 348 Å². The molecule has 0 fully saturated rings. The second-order valence-electron chi connectivity index (χ2n) is 27.7. The Balaban J connectivity index is 4.00. The van der Waals surface area contributed by atoms with E-state index in [0.29, 0.717) is 17.4 Å². The van der Waals surface area contributed by atoms with Gasteiger partial charge in [-0.1, -0.05) is 353 Å². The van der Waals surface area contributed by atoms with Crippen LogP contribution in [0.2, 0.25) is 0 Å². The number of nitrogens with zero attached hydrogens (tertiary/aromatic N) is 1. The quantitative estimate of drug-likeness (QED) is 0.0195. The zero-order valence-corrected chi connectivity index (χ0v) is 63.9. The molecule has 0 heterocycles. The van der Waals surface area contributed by atoms with E-state index in [4.69, 9.17) is 18.5 Å². The Hall–Kier alpha value is -3.85. The SMILES string of the molecule is CC/C=C\C/C=C\C/C=C\C/C=C\C/C=C\C/C=C\C/C=C\C/C=C\CCCCCCCCCCCCC(=O)OC(COC(=O)CCCCCCCCCCCCCCCCCCCCCCCC/C=C\C/C=C\C/C=C\CCCCCCC)COP(=O)([O-])OCC[N+](C)(C)C. The summed E-state index contributed by atoms with van der Waals surface area (Å²) in [4.78, 5) is 38.2. The first-order chi connectivity index (χ1) is 47.0. The fourth-order valence-electron chi connectivity index (χ4n) is 11.1. The summed E-state index contributed by atoms with van der Waals surface area (Å²) in [5, 5.41) is 0. The molecule has 0 aliphatic heterocycles. The van der Waals surface area contributed by atoms with E-state index in [2.05, 4.69) is 148 Å². The molecule has 0 saturated carbocycles. The minimum absolute atomic E-state index is 0.0358. The van der Waals surface area contributed by atoms with Gasteiger partial charge in [-0.25, -0.2) is 0 Å². The summed E-state index contributed by atoms with van der Waals surface area (Å²) in [7, 11) is 1.16. The Labute approximate surface area is 593 Å². The highest BCUT2D eigenvalue weighted by molar-refractivity contribution is 7.45. The van der Waals surface area contributed by atoms with Gasteiger partial charge in [-0.2, -0.15) is 0 Å². The molecule has 96 heavy (non-hydrogen) atoms. The molecule has 0 bridgehead atoms. The normalized spacial score (nSPS) is 13.8. The van der Waals surface area contributed by atoms with E-state index >= 15 is 0 Å². The number of esters is 2. The Kier molecular flexibility index (Phi) is 72.3. The van der Waals surface area contributed by atoms with Crippen molar-refractivity contribution < 1.29 is 42.1 Å². The molecule has 2 unspecified atom stereocenters. The van der Waals surface area contributed by atoms with Crippen molar-refractivity contribution in [2.45, 2.75) is 354 Å². The Morgan fingerprint density at radius 2 is 0.594 bits per heavy atom. The molecule has 0 radical (unpaired) electrons. The van der Waals surface area contributed by atoms with Gasteiger partial charge in [0, 0.05) is 12.8 Å². The van der Waals surface area contributed by atoms with Gasteiger partial charge in [0.2, 0.25) is 0 Å². The molecule has 0 aliphatic carbocycles. The van der Waals surface area contributed by atoms with Crippen LogP contribution >= 0.6 is 7.82 Å². The number of phosphoric ester groups is 1. The monoisotopic (exact) mass is 1360 g/mol. The number of allylic oxidation sites excluding steroid dienone is 22. The van der Waals surface area contributed by atoms with Crippen LogP contribution in [0.4, 0.5) is 0 Å². The van der Waals surface area contributed by atoms with Crippen LogP contribution in [-0.2, 0) is 32.7 Å². The number of phosphoric acid groups is 1. The second-order valence-corrected chi connectivity index (χ2v) is 29.1. The van der Waals surface area contributed by atoms with Gasteiger partial charge in [0.05, 0.1) is 27.7 Å². The number of rotatable bonds is 73. The van der Waals surface area contributed by atoms with Crippen LogP contribution in [0.15, 0.2) is 134 Å². The largest absolute Gasteiger partial charge is 0.756 e. The predicted octanol–water partition coefficient (Wildman–Crippen LogP) is 26.1. The third kappa shape index (κ3) is 79.1. The average Bonchev–Trinajstić information content (AvgIpc) is 2.74. The first-order valence-electron chi connectivity index (χ1n) is 39.9. The summed E-state index contributed by atoms with van der Waals surface area (Å²) in [6, 6.07) is 0. The zero-order chi connectivity index (χ0) is 69.7. The van der Waals surface area contributed by atoms with E-state index in [1.54, 1.807) is 0 Å². The molecule has 0 N–H and O–H groups in total. The standard InChI is InChI=1S/C86H150NO8P/c1-6-8-10-12-14-16-18-20-22-24-26-28-30-32-34-36-38-40-42-43-45-46-48-50-52-54-56-58-60-62-64-66-68-70-72-74-76-78-85(88)92-82-84(83-94-96(90,91)93-81-80-87(3,4)5)95-86(89)79-77-75-73-71-69-67-65-63-61-59-57-55-53-51-49-47-44-41-39-37-35-33-31-29-27-25-23-21-19-17-15-13-11-9-7-2/h9,11,15,17-18,20-21,23-24,26-27,29-30,32-33,35,39,41,47,49,53,55,84H,6-8,10,12-14,16,19,22,25,28,31,34,36-38,40,42-46,48,50-52,54,56-83H2,1-5H3/b11-9-,17-15-,20-18-,23-21-,26-24-,29-27-,32-30-,35-33-,41-39-,49-47-,55-53-. The van der Waals surface area contributed by atoms with Crippen molar-refractivity contribution in [2.24, 2.45) is 0 Å². The average molecular weight is 1360 g/mol. The summed E-state index contributed by atoms with van der Waals surface area (Å²) in [5.41, 5.74) is 0. The maximum atomic E-state index is 12.9. The highest BCUT2D eigenvalue weighted by atomic mass is 31.2. The van der Waals surface area contributed by atoms with Crippen molar-refractivity contribution in [2.75, 3.05) is 47.5 Å². The van der Waals surface area contributed by atoms with Gasteiger partial charge in [-0.3, -0.25) is 14.2 Å². The number of carbonyl (C=O) groups excluding carboxylic acids is 2. The Morgan fingerprint density at radius 3 is 0.885 bits per heavy atom. The maximum absolute atomic E-state index is 12.9. The van der Waals surface area contributed by atoms with Crippen molar-refractivity contribution in [3.8, 4) is 0 Å². The number of quaternary nitrogens is 1. The molecule has 2 atom stereocenters. The summed E-state index contributed by atoms with van der Waals surface area (Å²) in [6.07, 6.45) is 110. The fraction of sp³-hybridized carbons (Fsp3) is 0.721. The number of hydrogen-bond donors (Lipinski definition) is 0. The van der Waals surface area contributed by atoms with E-state index in [1.807, 2.05) is 21.1 Å². The van der Waals surface area contributed by atoms with Gasteiger partial charge in [0.1, 0.15) is 19.8 Å². The smallest absolute Gasteiger partial charge is 0.306 e. The lowest BCUT2D eigenvalue weighted by Crippen LogP contribution is -2.37. The van der Waals surface area contributed by atoms with Gasteiger partial charge in [-0.15, -0.1) is 0 Å². The molecule has 0 aromatic heterocycles. The lowest BCUT2D eigenvalue weighted by atomic mass is 10.0. The molecular formula is C86H150NO8P. The van der Waals surface area contributed by atoms with Crippen LogP contribution in [-0.4, -0.2) is 70.0 Å². The van der Waals surface area contributed by atoms with Gasteiger partial charge in [-0.05, 0) is 116 Å². The molecule has 0 amide bonds. The lowest BCUT2D eigenvalue weighted by molar-refractivity contribution is -0.870. The number of ether oxygens (including phenoxy) is 2. The maximum Gasteiger partial charge on any atom is 0.306 e. The third-order valence-electron chi connectivity index (χ3n) is 17.2. The first kappa shape index (κ1) is 92.2. The second kappa shape index (κ2) is 75.4. The predicted molar refractivity (Wildman–Crippen MR) is 415 cm³/mol. The first-order valence-corrected chi connectivity index (χ1v) is 41.4. The Morgan fingerprint density at radius 1 is 0.333 bits per heavy atom. The highest BCUT2D eigenvalue weighted by Crippen LogP contribution is 2.38. The fourth-order valence-corrected chi connectivity index (χ4v) is 11.8. The summed E-state index contributed by atoms with van der Waals surface area (Å²) in [5.74, 6) is -0.832. The van der Waals surface area contributed by atoms with Gasteiger partial charge >= 0.3 is 11.9 Å². The topological polar surface area (TPSA) is 111 Å². The minimum Gasteiger partial charge on any atom is -0.756 e. The van der Waals surface area contributed by atoms with Crippen LogP contribution in [0.5, 0.6) is 0 Å². The molecule has 552 valence electrons. The number of carbonyl (C=O) groups is 2. The molecule has 9 nitrogen and oxygen atoms in total. The lowest BCUT2D eigenvalue weighted by Gasteiger charge is -2.28. The van der Waals surface area contributed by atoms with Gasteiger partial charge < -0.3 is 27.9 Å². The van der Waals surface area contributed by atoms with Crippen molar-refractivity contribution in [3.05, 3.63) is 134 Å². The molecule has 0 rings (SSSR count). The van der Waals surface area contributed by atoms with Crippen LogP contribution in [0.25, 0.3) is 0 Å². The zero-order valence-electron chi connectivity index (χ0n) is 63.0. The van der Waals surface area contributed by atoms with Gasteiger partial charge in [0.15, 0.2) is 6.10 Å². The molecule has 0 aliphatic rings. The third-order valence-corrected chi connectivity index (χ3v) is 18.1. The number of hydrogen-bond acceptors (Lipinski definition) is 8. The van der Waals surface area contributed by atoms with Crippen LogP contribution in [0.3, 0.4) is 0 Å². The van der Waals surface area contributed by atoms with E-state index in [0.717, 1.165) is 109 Å². The number of unbranched alkanes of at least 4 members (excludes halogenated alkanes) is 37. The summed E-state index contributed by atoms with van der Waals surface area (Å²) < 4.78 is 34.4. The molecule has 0 spiro atoms. The van der Waals surface area contributed by atoms with Crippen molar-refractivity contribution in [1.29, 1.82) is 0 Å². The molecule has 0 aromatic carbocycles.